The van der Waals surface area contributed by atoms with Crippen molar-refractivity contribution in [2.24, 2.45) is 11.1 Å². The lowest BCUT2D eigenvalue weighted by molar-refractivity contribution is 0.257. The molecule has 2 aliphatic carbocycles. The normalized spacial score (nSPS) is 22.6. The fourth-order valence-electron chi connectivity index (χ4n) is 3.53. The van der Waals surface area contributed by atoms with E-state index in [1.54, 1.807) is 10.4 Å². The Balaban J connectivity index is 1.95. The van der Waals surface area contributed by atoms with Crippen LogP contribution in [-0.4, -0.2) is 0 Å². The maximum atomic E-state index is 5.84. The Hall–Kier alpha value is 0.140. The zero-order valence-electron chi connectivity index (χ0n) is 9.52. The molecule has 1 aromatic rings. The van der Waals surface area contributed by atoms with Crippen molar-refractivity contribution < 1.29 is 0 Å². The Morgan fingerprint density at radius 1 is 1.25 bits per heavy atom. The number of nitrogens with two attached hydrogens (primary N) is 1. The van der Waals surface area contributed by atoms with Gasteiger partial charge < -0.3 is 5.73 Å². The third-order valence-corrected chi connectivity index (χ3v) is 6.49. The van der Waals surface area contributed by atoms with E-state index in [2.05, 4.69) is 15.9 Å². The molecule has 1 aromatic heterocycles. The summed E-state index contributed by atoms with van der Waals surface area (Å²) in [6.07, 6.45) is 9.81. The first-order valence-electron chi connectivity index (χ1n) is 6.23. The minimum Gasteiger partial charge on any atom is -0.326 e. The fourth-order valence-corrected chi connectivity index (χ4v) is 5.79. The van der Waals surface area contributed by atoms with Gasteiger partial charge in [-0.05, 0) is 64.6 Å². The van der Waals surface area contributed by atoms with E-state index in [9.17, 15) is 0 Å². The molecule has 0 unspecified atom stereocenters. The van der Waals surface area contributed by atoms with Crippen LogP contribution in [-0.2, 0) is 19.4 Å². The average Bonchev–Trinajstić information content (AvgIpc) is 2.82. The molecule has 0 aliphatic heterocycles. The zero-order valence-corrected chi connectivity index (χ0v) is 11.9. The Labute approximate surface area is 110 Å². The Kier molecular flexibility index (Phi) is 2.89. The average molecular weight is 300 g/mol. The molecule has 1 saturated carbocycles. The van der Waals surface area contributed by atoms with Gasteiger partial charge in [-0.25, -0.2) is 0 Å². The summed E-state index contributed by atoms with van der Waals surface area (Å²) >= 11 is 5.61. The molecule has 3 heteroatoms. The lowest BCUT2D eigenvalue weighted by Crippen LogP contribution is -2.25. The molecule has 0 atom stereocenters. The molecule has 16 heavy (non-hydrogen) atoms. The number of halogens is 1. The van der Waals surface area contributed by atoms with Crippen molar-refractivity contribution >= 4 is 27.3 Å². The summed E-state index contributed by atoms with van der Waals surface area (Å²) < 4.78 is 1.29. The van der Waals surface area contributed by atoms with Crippen LogP contribution in [0.15, 0.2) is 3.79 Å². The number of rotatable bonds is 1. The van der Waals surface area contributed by atoms with Gasteiger partial charge in [0.25, 0.3) is 0 Å². The summed E-state index contributed by atoms with van der Waals surface area (Å²) in [7, 11) is 0. The Morgan fingerprint density at radius 2 is 2.00 bits per heavy atom. The summed E-state index contributed by atoms with van der Waals surface area (Å²) in [4.78, 5) is 1.63. The molecule has 88 valence electrons. The van der Waals surface area contributed by atoms with Gasteiger partial charge in [0, 0.05) is 11.4 Å². The van der Waals surface area contributed by atoms with E-state index in [1.807, 2.05) is 11.3 Å². The molecular formula is C13H18BrNS. The first-order chi connectivity index (χ1) is 7.74. The maximum absolute atomic E-state index is 5.84. The van der Waals surface area contributed by atoms with Crippen molar-refractivity contribution in [2.75, 3.05) is 0 Å². The largest absolute Gasteiger partial charge is 0.326 e. The highest BCUT2D eigenvalue weighted by Crippen LogP contribution is 2.51. The highest BCUT2D eigenvalue weighted by atomic mass is 79.9. The van der Waals surface area contributed by atoms with Gasteiger partial charge >= 0.3 is 0 Å². The molecule has 0 radical (unpaired) electrons. The second-order valence-corrected chi connectivity index (χ2v) is 7.77. The van der Waals surface area contributed by atoms with E-state index in [0.717, 1.165) is 0 Å². The SMILES string of the molecule is NCc1c(Br)sc2c1CCC1(CCCC1)C2. The van der Waals surface area contributed by atoms with Crippen LogP contribution in [0.3, 0.4) is 0 Å². The maximum Gasteiger partial charge on any atom is 0.0749 e. The molecule has 1 nitrogen and oxygen atoms in total. The zero-order chi connectivity index (χ0) is 11.2. The Morgan fingerprint density at radius 3 is 2.69 bits per heavy atom. The van der Waals surface area contributed by atoms with Crippen LogP contribution in [0.25, 0.3) is 0 Å². The highest BCUT2D eigenvalue weighted by Gasteiger charge is 2.38. The van der Waals surface area contributed by atoms with Gasteiger partial charge in [0.15, 0.2) is 0 Å². The number of fused-ring (bicyclic) bond motifs is 1. The van der Waals surface area contributed by atoms with Crippen molar-refractivity contribution in [3.05, 3.63) is 19.8 Å². The molecule has 0 bridgehead atoms. The smallest absolute Gasteiger partial charge is 0.0749 e. The summed E-state index contributed by atoms with van der Waals surface area (Å²) in [5, 5.41) is 0. The molecule has 0 aromatic carbocycles. The van der Waals surface area contributed by atoms with E-state index in [1.165, 1.54) is 54.3 Å². The van der Waals surface area contributed by atoms with Gasteiger partial charge in [0.1, 0.15) is 0 Å². The monoisotopic (exact) mass is 299 g/mol. The van der Waals surface area contributed by atoms with Crippen LogP contribution >= 0.6 is 27.3 Å². The van der Waals surface area contributed by atoms with E-state index in [-0.39, 0.29) is 0 Å². The molecular weight excluding hydrogens is 282 g/mol. The summed E-state index contributed by atoms with van der Waals surface area (Å²) in [6, 6.07) is 0. The van der Waals surface area contributed by atoms with E-state index in [0.29, 0.717) is 12.0 Å². The van der Waals surface area contributed by atoms with Crippen molar-refractivity contribution in [1.82, 2.24) is 0 Å². The first kappa shape index (κ1) is 11.2. The van der Waals surface area contributed by atoms with Crippen LogP contribution < -0.4 is 5.73 Å². The third kappa shape index (κ3) is 1.68. The van der Waals surface area contributed by atoms with E-state index in [4.69, 9.17) is 5.73 Å². The quantitative estimate of drug-likeness (QED) is 0.833. The minimum absolute atomic E-state index is 0.670. The van der Waals surface area contributed by atoms with Gasteiger partial charge in [0.2, 0.25) is 0 Å². The summed E-state index contributed by atoms with van der Waals surface area (Å²) in [5.41, 5.74) is 9.47. The summed E-state index contributed by atoms with van der Waals surface area (Å²) in [6.45, 7) is 0.694. The standard InChI is InChI=1S/C13H18BrNS/c14-12-10(8-15)9-3-6-13(4-1-2-5-13)7-11(9)16-12/h1-8,15H2. The van der Waals surface area contributed by atoms with Crippen molar-refractivity contribution in [1.29, 1.82) is 0 Å². The molecule has 1 fully saturated rings. The number of hydrogen-bond acceptors (Lipinski definition) is 2. The number of thiophene rings is 1. The van der Waals surface area contributed by atoms with Gasteiger partial charge in [-0.2, -0.15) is 0 Å². The van der Waals surface area contributed by atoms with Crippen LogP contribution in [0.1, 0.15) is 48.1 Å². The lowest BCUT2D eigenvalue weighted by atomic mass is 9.72. The number of hydrogen-bond donors (Lipinski definition) is 1. The van der Waals surface area contributed by atoms with Crippen LogP contribution in [0.2, 0.25) is 0 Å². The molecule has 2 aliphatic rings. The lowest BCUT2D eigenvalue weighted by Gasteiger charge is -2.33. The Bertz CT molecular complexity index is 404. The summed E-state index contributed by atoms with van der Waals surface area (Å²) in [5.74, 6) is 0. The predicted molar refractivity (Wildman–Crippen MR) is 72.8 cm³/mol. The third-order valence-electron chi connectivity index (χ3n) is 4.46. The van der Waals surface area contributed by atoms with Gasteiger partial charge in [-0.3, -0.25) is 0 Å². The molecule has 1 heterocycles. The minimum atomic E-state index is 0.670. The van der Waals surface area contributed by atoms with Crippen LogP contribution in [0.5, 0.6) is 0 Å². The van der Waals surface area contributed by atoms with Gasteiger partial charge in [0.05, 0.1) is 3.79 Å². The molecule has 1 spiro atoms. The molecule has 2 N–H and O–H groups in total. The van der Waals surface area contributed by atoms with Crippen LogP contribution in [0.4, 0.5) is 0 Å². The predicted octanol–water partition coefficient (Wildman–Crippen LogP) is 4.02. The van der Waals surface area contributed by atoms with Gasteiger partial charge in [-0.15, -0.1) is 11.3 Å². The molecule has 0 amide bonds. The second-order valence-electron chi connectivity index (χ2n) is 5.34. The van der Waals surface area contributed by atoms with E-state index < -0.39 is 0 Å². The molecule has 3 rings (SSSR count). The van der Waals surface area contributed by atoms with Gasteiger partial charge in [-0.1, -0.05) is 12.8 Å². The van der Waals surface area contributed by atoms with Crippen molar-refractivity contribution in [3.8, 4) is 0 Å². The molecule has 0 saturated heterocycles. The first-order valence-corrected chi connectivity index (χ1v) is 7.84. The fraction of sp³-hybridized carbons (Fsp3) is 0.692. The topological polar surface area (TPSA) is 26.0 Å². The second kappa shape index (κ2) is 4.11. The highest BCUT2D eigenvalue weighted by molar-refractivity contribution is 9.11. The van der Waals surface area contributed by atoms with E-state index >= 15 is 0 Å². The van der Waals surface area contributed by atoms with Crippen molar-refractivity contribution in [3.63, 3.8) is 0 Å². The van der Waals surface area contributed by atoms with Crippen molar-refractivity contribution in [2.45, 2.75) is 51.5 Å². The van der Waals surface area contributed by atoms with Crippen LogP contribution in [0, 0.1) is 5.41 Å².